The SMILES string of the molecule is NCCCCC1C(=O)OC(=O)N1C(=O)C(F)(F)F. The van der Waals surface area contributed by atoms with Gasteiger partial charge in [-0.3, -0.25) is 4.79 Å². The van der Waals surface area contributed by atoms with E-state index in [1.54, 1.807) is 0 Å². The van der Waals surface area contributed by atoms with Crippen LogP contribution in [-0.4, -0.2) is 41.6 Å². The van der Waals surface area contributed by atoms with E-state index in [2.05, 4.69) is 4.74 Å². The number of imide groups is 1. The third kappa shape index (κ3) is 2.97. The standard InChI is InChI=1S/C9H11F3N2O4/c10-9(11,12)7(16)14-5(3-1-2-4-13)6(15)18-8(14)17/h5H,1-4,13H2. The number of nitrogens with two attached hydrogens (primary N) is 1. The van der Waals surface area contributed by atoms with Crippen LogP contribution in [0.25, 0.3) is 0 Å². The zero-order chi connectivity index (χ0) is 13.9. The Morgan fingerprint density at radius 2 is 1.94 bits per heavy atom. The van der Waals surface area contributed by atoms with Crippen LogP contribution in [0.4, 0.5) is 18.0 Å². The third-order valence-electron chi connectivity index (χ3n) is 2.36. The first-order valence-electron chi connectivity index (χ1n) is 5.15. The van der Waals surface area contributed by atoms with Gasteiger partial charge < -0.3 is 10.5 Å². The highest BCUT2D eigenvalue weighted by molar-refractivity contribution is 6.06. The normalized spacial score (nSPS) is 20.2. The van der Waals surface area contributed by atoms with E-state index < -0.39 is 30.2 Å². The number of carbonyl (C=O) groups is 3. The van der Waals surface area contributed by atoms with Crippen LogP contribution in [0.5, 0.6) is 0 Å². The van der Waals surface area contributed by atoms with Gasteiger partial charge in [-0.1, -0.05) is 0 Å². The Kier molecular flexibility index (Phi) is 4.28. The van der Waals surface area contributed by atoms with Crippen molar-refractivity contribution in [1.82, 2.24) is 4.90 Å². The fourth-order valence-electron chi connectivity index (χ4n) is 1.53. The minimum absolute atomic E-state index is 0.0937. The molecule has 2 N–H and O–H groups in total. The first-order chi connectivity index (χ1) is 8.29. The van der Waals surface area contributed by atoms with Crippen molar-refractivity contribution in [2.75, 3.05) is 6.54 Å². The van der Waals surface area contributed by atoms with E-state index in [0.717, 1.165) is 0 Å². The number of nitrogens with zero attached hydrogens (tertiary/aromatic N) is 1. The second kappa shape index (κ2) is 5.34. The molecule has 1 heterocycles. The van der Waals surface area contributed by atoms with Gasteiger partial charge in [0, 0.05) is 0 Å². The minimum atomic E-state index is -5.23. The van der Waals surface area contributed by atoms with Crippen molar-refractivity contribution in [3.63, 3.8) is 0 Å². The molecule has 0 aromatic carbocycles. The number of halogens is 3. The average Bonchev–Trinajstić information content (AvgIpc) is 2.52. The zero-order valence-corrected chi connectivity index (χ0v) is 9.20. The summed E-state index contributed by atoms with van der Waals surface area (Å²) in [6.07, 6.45) is -6.13. The highest BCUT2D eigenvalue weighted by atomic mass is 19.4. The molecule has 1 saturated heterocycles. The summed E-state index contributed by atoms with van der Waals surface area (Å²) in [4.78, 5) is 33.0. The van der Waals surface area contributed by atoms with E-state index in [-0.39, 0.29) is 11.3 Å². The summed E-state index contributed by atoms with van der Waals surface area (Å²) < 4.78 is 40.7. The molecule has 102 valence electrons. The monoisotopic (exact) mass is 268 g/mol. The van der Waals surface area contributed by atoms with Gasteiger partial charge in [0.25, 0.3) is 0 Å². The molecule has 1 aliphatic rings. The topological polar surface area (TPSA) is 89.7 Å². The lowest BCUT2D eigenvalue weighted by Crippen LogP contribution is -2.47. The Balaban J connectivity index is 2.81. The van der Waals surface area contributed by atoms with Gasteiger partial charge >= 0.3 is 24.1 Å². The Labute approximate surface area is 99.8 Å². The number of carbonyl (C=O) groups excluding carboxylic acids is 3. The van der Waals surface area contributed by atoms with Gasteiger partial charge in [-0.2, -0.15) is 13.2 Å². The highest BCUT2D eigenvalue weighted by Crippen LogP contribution is 2.26. The van der Waals surface area contributed by atoms with E-state index in [4.69, 9.17) is 5.73 Å². The molecule has 0 spiro atoms. The molecule has 0 aliphatic carbocycles. The van der Waals surface area contributed by atoms with Crippen molar-refractivity contribution in [2.45, 2.75) is 31.5 Å². The zero-order valence-electron chi connectivity index (χ0n) is 9.20. The van der Waals surface area contributed by atoms with Gasteiger partial charge in [-0.25, -0.2) is 14.5 Å². The number of cyclic esters (lactones) is 2. The Morgan fingerprint density at radius 1 is 1.33 bits per heavy atom. The molecule has 1 fully saturated rings. The fourth-order valence-corrected chi connectivity index (χ4v) is 1.53. The number of hydrogen-bond donors (Lipinski definition) is 1. The van der Waals surface area contributed by atoms with Crippen molar-refractivity contribution in [1.29, 1.82) is 0 Å². The molecule has 2 amide bonds. The lowest BCUT2D eigenvalue weighted by molar-refractivity contribution is -0.183. The molecule has 0 bridgehead atoms. The largest absolute Gasteiger partial charge is 0.471 e. The molecular weight excluding hydrogens is 257 g/mol. The fraction of sp³-hybridized carbons (Fsp3) is 0.667. The van der Waals surface area contributed by atoms with Gasteiger partial charge in [0.2, 0.25) is 0 Å². The van der Waals surface area contributed by atoms with Gasteiger partial charge in [0.05, 0.1) is 0 Å². The Hall–Kier alpha value is -1.64. The molecule has 1 unspecified atom stereocenters. The van der Waals surface area contributed by atoms with Crippen molar-refractivity contribution in [3.05, 3.63) is 0 Å². The van der Waals surface area contributed by atoms with Crippen LogP contribution in [0.2, 0.25) is 0 Å². The summed E-state index contributed by atoms with van der Waals surface area (Å²) in [5.74, 6) is -3.54. The van der Waals surface area contributed by atoms with Crippen LogP contribution in [0.15, 0.2) is 0 Å². The molecule has 6 nitrogen and oxygen atoms in total. The number of amides is 2. The van der Waals surface area contributed by atoms with Crippen molar-refractivity contribution in [3.8, 4) is 0 Å². The van der Waals surface area contributed by atoms with E-state index in [1.165, 1.54) is 0 Å². The molecule has 1 aliphatic heterocycles. The minimum Gasteiger partial charge on any atom is -0.374 e. The molecule has 1 rings (SSSR count). The lowest BCUT2D eigenvalue weighted by atomic mass is 10.1. The average molecular weight is 268 g/mol. The van der Waals surface area contributed by atoms with E-state index >= 15 is 0 Å². The second-order valence-corrected chi connectivity index (χ2v) is 3.66. The Morgan fingerprint density at radius 3 is 2.44 bits per heavy atom. The van der Waals surface area contributed by atoms with Crippen LogP contribution in [0.3, 0.4) is 0 Å². The van der Waals surface area contributed by atoms with Crippen LogP contribution < -0.4 is 5.73 Å². The van der Waals surface area contributed by atoms with Gasteiger partial charge in [0.1, 0.15) is 6.04 Å². The number of ether oxygens (including phenoxy) is 1. The van der Waals surface area contributed by atoms with Crippen molar-refractivity contribution in [2.24, 2.45) is 5.73 Å². The van der Waals surface area contributed by atoms with Crippen molar-refractivity contribution >= 4 is 18.0 Å². The number of esters is 1. The van der Waals surface area contributed by atoms with Gasteiger partial charge in [-0.15, -0.1) is 0 Å². The predicted octanol–water partition coefficient (Wildman–Crippen LogP) is 0.552. The number of unbranched alkanes of at least 4 members (excludes halogenated alkanes) is 1. The first kappa shape index (κ1) is 14.4. The smallest absolute Gasteiger partial charge is 0.374 e. The van der Waals surface area contributed by atoms with Crippen LogP contribution in [0, 0.1) is 0 Å². The number of hydrogen-bond acceptors (Lipinski definition) is 5. The van der Waals surface area contributed by atoms with Crippen LogP contribution in [0.1, 0.15) is 19.3 Å². The van der Waals surface area contributed by atoms with Crippen molar-refractivity contribution < 1.29 is 32.3 Å². The molecule has 18 heavy (non-hydrogen) atoms. The molecule has 1 atom stereocenters. The number of alkyl halides is 3. The molecule has 0 saturated carbocycles. The Bertz CT molecular complexity index is 369. The highest BCUT2D eigenvalue weighted by Gasteiger charge is 2.53. The molecule has 0 aromatic heterocycles. The molecule has 9 heteroatoms. The summed E-state index contributed by atoms with van der Waals surface area (Å²) >= 11 is 0. The second-order valence-electron chi connectivity index (χ2n) is 3.66. The summed E-state index contributed by atoms with van der Waals surface area (Å²) in [7, 11) is 0. The van der Waals surface area contributed by atoms with Gasteiger partial charge in [0.15, 0.2) is 0 Å². The molecule has 0 radical (unpaired) electrons. The van der Waals surface area contributed by atoms with E-state index in [9.17, 15) is 27.6 Å². The van der Waals surface area contributed by atoms with Crippen LogP contribution >= 0.6 is 0 Å². The number of rotatable bonds is 4. The summed E-state index contributed by atoms with van der Waals surface area (Å²) in [6, 6.07) is -1.52. The predicted molar refractivity (Wildman–Crippen MR) is 51.1 cm³/mol. The quantitative estimate of drug-likeness (QED) is 0.457. The maximum Gasteiger partial charge on any atom is 0.471 e. The maximum absolute atomic E-state index is 12.2. The summed E-state index contributed by atoms with van der Waals surface area (Å²) in [6.45, 7) is 0.295. The first-order valence-corrected chi connectivity index (χ1v) is 5.15. The summed E-state index contributed by atoms with van der Waals surface area (Å²) in [5, 5.41) is 0. The van der Waals surface area contributed by atoms with Gasteiger partial charge in [-0.05, 0) is 25.8 Å². The van der Waals surface area contributed by atoms with E-state index in [0.29, 0.717) is 19.4 Å². The maximum atomic E-state index is 12.2. The molecular formula is C9H11F3N2O4. The van der Waals surface area contributed by atoms with Crippen LogP contribution in [-0.2, 0) is 14.3 Å². The molecule has 0 aromatic rings. The van der Waals surface area contributed by atoms with E-state index in [1.807, 2.05) is 0 Å². The lowest BCUT2D eigenvalue weighted by Gasteiger charge is -2.18. The third-order valence-corrected chi connectivity index (χ3v) is 2.36. The summed E-state index contributed by atoms with van der Waals surface area (Å²) in [5.41, 5.74) is 5.20.